The van der Waals surface area contributed by atoms with Crippen molar-refractivity contribution in [3.63, 3.8) is 0 Å². The van der Waals surface area contributed by atoms with Crippen LogP contribution >= 0.6 is 0 Å². The Balaban J connectivity index is 2.09. The number of benzene rings is 1. The smallest absolute Gasteiger partial charge is 0.337 e. The van der Waals surface area contributed by atoms with Gasteiger partial charge in [-0.25, -0.2) is 23.2 Å². The van der Waals surface area contributed by atoms with E-state index in [4.69, 9.17) is 0 Å². The maximum atomic E-state index is 11.4. The van der Waals surface area contributed by atoms with Gasteiger partial charge in [0, 0.05) is 31.0 Å². The van der Waals surface area contributed by atoms with Gasteiger partial charge in [-0.1, -0.05) is 12.1 Å². The number of hydrogen-bond acceptors (Lipinski definition) is 6. The molecule has 0 N–H and O–H groups in total. The molecular weight excluding hydrogens is 306 g/mol. The molecule has 0 radical (unpaired) electrons. The number of nitrogens with zero attached hydrogens (tertiary/aromatic N) is 3. The molecule has 2 aromatic rings. The SMILES string of the molecule is COC(=O)c1ccc(CN(Cc2cncnc2)[SH](=O)=O)cc1. The van der Waals surface area contributed by atoms with E-state index in [-0.39, 0.29) is 13.1 Å². The van der Waals surface area contributed by atoms with E-state index in [1.165, 1.54) is 17.7 Å². The van der Waals surface area contributed by atoms with E-state index in [1.807, 2.05) is 0 Å². The van der Waals surface area contributed by atoms with Gasteiger partial charge in [0.15, 0.2) is 0 Å². The highest BCUT2D eigenvalue weighted by atomic mass is 32.2. The number of methoxy groups -OCH3 is 1. The molecule has 0 aliphatic heterocycles. The number of hydrogen-bond donors (Lipinski definition) is 1. The molecule has 1 aromatic heterocycles. The molecule has 0 fully saturated rings. The quantitative estimate of drug-likeness (QED) is 0.625. The molecule has 0 saturated carbocycles. The summed E-state index contributed by atoms with van der Waals surface area (Å²) in [5, 5.41) is 0. The number of ether oxygens (including phenoxy) is 1. The van der Waals surface area contributed by atoms with Crippen LogP contribution in [0.3, 0.4) is 0 Å². The van der Waals surface area contributed by atoms with Crippen LogP contribution in [0.5, 0.6) is 0 Å². The van der Waals surface area contributed by atoms with E-state index in [0.717, 1.165) is 5.56 Å². The van der Waals surface area contributed by atoms with Crippen molar-refractivity contribution in [2.24, 2.45) is 0 Å². The summed E-state index contributed by atoms with van der Waals surface area (Å²) in [5.41, 5.74) is 1.89. The molecule has 0 amide bonds. The molecule has 0 saturated heterocycles. The molecule has 0 atom stereocenters. The standard InChI is InChI=1S/C14H15N3O4S/c1-21-14(18)13-4-2-11(3-5-13)8-17(22(19)20)9-12-6-15-10-16-7-12/h2-7,10,22H,8-9H2,1H3. The average molecular weight is 321 g/mol. The minimum Gasteiger partial charge on any atom is -0.465 e. The predicted molar refractivity (Wildman–Crippen MR) is 79.4 cm³/mol. The largest absolute Gasteiger partial charge is 0.465 e. The van der Waals surface area contributed by atoms with Crippen molar-refractivity contribution in [2.45, 2.75) is 13.1 Å². The number of rotatable bonds is 6. The number of esters is 1. The molecule has 7 nitrogen and oxygen atoms in total. The van der Waals surface area contributed by atoms with Crippen molar-refractivity contribution >= 4 is 16.9 Å². The Hall–Kier alpha value is -2.32. The number of carbonyl (C=O) groups excluding carboxylic acids is 1. The van der Waals surface area contributed by atoms with E-state index in [2.05, 4.69) is 14.7 Å². The molecule has 22 heavy (non-hydrogen) atoms. The van der Waals surface area contributed by atoms with Crippen molar-refractivity contribution in [1.29, 1.82) is 0 Å². The molecule has 0 bridgehead atoms. The third-order valence-electron chi connectivity index (χ3n) is 2.95. The minimum atomic E-state index is -2.75. The first-order valence-corrected chi connectivity index (χ1v) is 7.53. The summed E-state index contributed by atoms with van der Waals surface area (Å²) in [7, 11) is -1.44. The first kappa shape index (κ1) is 16.1. The molecule has 0 spiro atoms. The van der Waals surface area contributed by atoms with Gasteiger partial charge in [-0.15, -0.1) is 0 Å². The summed E-state index contributed by atoms with van der Waals surface area (Å²) in [5.74, 6) is -0.431. The van der Waals surface area contributed by atoms with Gasteiger partial charge < -0.3 is 4.74 Å². The number of aromatic nitrogens is 2. The molecule has 0 aliphatic carbocycles. The monoisotopic (exact) mass is 321 g/mol. The lowest BCUT2D eigenvalue weighted by Crippen LogP contribution is -2.21. The summed E-state index contributed by atoms with van der Waals surface area (Å²) in [4.78, 5) is 19.1. The Morgan fingerprint density at radius 2 is 1.68 bits per heavy atom. The van der Waals surface area contributed by atoms with Crippen LogP contribution in [0.15, 0.2) is 43.0 Å². The van der Waals surface area contributed by atoms with Crippen molar-refractivity contribution in [3.8, 4) is 0 Å². The van der Waals surface area contributed by atoms with Gasteiger partial charge >= 0.3 is 5.97 Å². The zero-order valence-electron chi connectivity index (χ0n) is 11.9. The Labute approximate surface area is 129 Å². The molecule has 8 heteroatoms. The normalized spacial score (nSPS) is 10.9. The maximum absolute atomic E-state index is 11.4. The third kappa shape index (κ3) is 4.34. The van der Waals surface area contributed by atoms with Gasteiger partial charge in [0.1, 0.15) is 6.33 Å². The van der Waals surface area contributed by atoms with Crippen molar-refractivity contribution in [3.05, 3.63) is 59.7 Å². The Morgan fingerprint density at radius 3 is 2.23 bits per heavy atom. The van der Waals surface area contributed by atoms with Crippen LogP contribution in [0.25, 0.3) is 0 Å². The van der Waals surface area contributed by atoms with Gasteiger partial charge in [-0.05, 0) is 17.7 Å². The van der Waals surface area contributed by atoms with Crippen LogP contribution in [0.2, 0.25) is 0 Å². The van der Waals surface area contributed by atoms with Crippen LogP contribution in [0, 0.1) is 0 Å². The summed E-state index contributed by atoms with van der Waals surface area (Å²) in [6, 6.07) is 6.59. The number of thiol groups is 1. The molecule has 1 aromatic carbocycles. The Morgan fingerprint density at radius 1 is 1.09 bits per heavy atom. The fraction of sp³-hybridized carbons (Fsp3) is 0.214. The highest BCUT2D eigenvalue weighted by Crippen LogP contribution is 2.11. The van der Waals surface area contributed by atoms with E-state index in [0.29, 0.717) is 11.1 Å². The predicted octanol–water partition coefficient (Wildman–Crippen LogP) is 0.792. The van der Waals surface area contributed by atoms with Crippen LogP contribution in [0.4, 0.5) is 0 Å². The lowest BCUT2D eigenvalue weighted by atomic mass is 10.1. The lowest BCUT2D eigenvalue weighted by Gasteiger charge is -2.15. The highest BCUT2D eigenvalue weighted by Gasteiger charge is 2.11. The van der Waals surface area contributed by atoms with E-state index >= 15 is 0 Å². The zero-order valence-corrected chi connectivity index (χ0v) is 12.8. The van der Waals surface area contributed by atoms with Crippen molar-refractivity contribution in [2.75, 3.05) is 7.11 Å². The maximum Gasteiger partial charge on any atom is 0.337 e. The van der Waals surface area contributed by atoms with Gasteiger partial charge in [0.05, 0.1) is 12.7 Å². The third-order valence-corrected chi connectivity index (χ3v) is 3.69. The van der Waals surface area contributed by atoms with Crippen LogP contribution < -0.4 is 0 Å². The minimum absolute atomic E-state index is 0.193. The lowest BCUT2D eigenvalue weighted by molar-refractivity contribution is 0.0600. The van der Waals surface area contributed by atoms with Gasteiger partial charge in [-0.3, -0.25) is 0 Å². The van der Waals surface area contributed by atoms with Crippen LogP contribution in [-0.2, 0) is 28.7 Å². The van der Waals surface area contributed by atoms with E-state index in [1.54, 1.807) is 36.7 Å². The topological polar surface area (TPSA) is 89.5 Å². The second-order valence-corrected chi connectivity index (χ2v) is 5.54. The van der Waals surface area contributed by atoms with E-state index in [9.17, 15) is 13.2 Å². The molecule has 1 heterocycles. The van der Waals surface area contributed by atoms with Crippen LogP contribution in [-0.4, -0.2) is 35.8 Å². The summed E-state index contributed by atoms with van der Waals surface area (Å²) in [6.07, 6.45) is 4.52. The molecule has 0 aliphatic rings. The number of carbonyl (C=O) groups is 1. The van der Waals surface area contributed by atoms with Gasteiger partial charge in [0.2, 0.25) is 10.9 Å². The average Bonchev–Trinajstić information content (AvgIpc) is 2.55. The van der Waals surface area contributed by atoms with Crippen molar-refractivity contribution in [1.82, 2.24) is 14.3 Å². The highest BCUT2D eigenvalue weighted by molar-refractivity contribution is 7.69. The second-order valence-electron chi connectivity index (χ2n) is 4.50. The first-order valence-electron chi connectivity index (χ1n) is 6.40. The molecular formula is C14H15N3O4S. The molecule has 116 valence electrons. The summed E-state index contributed by atoms with van der Waals surface area (Å²) >= 11 is 0. The summed E-state index contributed by atoms with van der Waals surface area (Å²) in [6.45, 7) is 0.396. The van der Waals surface area contributed by atoms with Crippen molar-refractivity contribution < 1.29 is 17.9 Å². The first-order chi connectivity index (χ1) is 10.6. The van der Waals surface area contributed by atoms with Crippen LogP contribution in [0.1, 0.15) is 21.5 Å². The summed E-state index contributed by atoms with van der Waals surface area (Å²) < 4.78 is 28.6. The molecule has 2 rings (SSSR count). The fourth-order valence-electron chi connectivity index (χ4n) is 1.87. The Bertz CT molecular complexity index is 694. The molecule has 0 unspecified atom stereocenters. The fourth-order valence-corrected chi connectivity index (χ4v) is 2.43. The Kier molecular flexibility index (Phi) is 5.56. The second kappa shape index (κ2) is 7.62. The van der Waals surface area contributed by atoms with Gasteiger partial charge in [0.25, 0.3) is 0 Å². The zero-order chi connectivity index (χ0) is 15.9. The van der Waals surface area contributed by atoms with Gasteiger partial charge in [-0.2, -0.15) is 4.31 Å². The van der Waals surface area contributed by atoms with E-state index < -0.39 is 16.9 Å².